The quantitative estimate of drug-likeness (QED) is 0.834. The van der Waals surface area contributed by atoms with Crippen LogP contribution in [-0.4, -0.2) is 13.7 Å². The van der Waals surface area contributed by atoms with E-state index in [1.807, 2.05) is 25.1 Å². The van der Waals surface area contributed by atoms with Crippen LogP contribution in [0.25, 0.3) is 0 Å². The zero-order valence-corrected chi connectivity index (χ0v) is 12.1. The maximum atomic E-state index is 12.3. The molecule has 1 aliphatic carbocycles. The maximum absolute atomic E-state index is 12.3. The lowest BCUT2D eigenvalue weighted by molar-refractivity contribution is 0.473. The first-order valence-electron chi connectivity index (χ1n) is 6.86. The average molecular weight is 282 g/mol. The maximum Gasteiger partial charge on any atom is 0.215 e. The number of rotatable bonds is 4. The Morgan fingerprint density at radius 3 is 2.47 bits per heavy atom. The fraction of sp³-hybridized carbons (Fsp3) is 0.571. The Morgan fingerprint density at radius 2 is 1.84 bits per heavy atom. The van der Waals surface area contributed by atoms with Crippen LogP contribution < -0.4 is 10.5 Å². The summed E-state index contributed by atoms with van der Waals surface area (Å²) >= 11 is 0. The second-order valence-corrected chi connectivity index (χ2v) is 7.27. The number of benzene rings is 1. The van der Waals surface area contributed by atoms with Crippen molar-refractivity contribution in [1.29, 1.82) is 0 Å². The van der Waals surface area contributed by atoms with Gasteiger partial charge < -0.3 is 5.73 Å². The number of hydrogen-bond donors (Lipinski definition) is 2. The van der Waals surface area contributed by atoms with Crippen molar-refractivity contribution in [3.05, 3.63) is 29.8 Å². The largest absolute Gasteiger partial charge is 0.398 e. The van der Waals surface area contributed by atoms with Gasteiger partial charge in [-0.2, -0.15) is 0 Å². The van der Waals surface area contributed by atoms with Gasteiger partial charge in [-0.05, 0) is 31.4 Å². The molecule has 3 N–H and O–H groups in total. The second kappa shape index (κ2) is 5.92. The molecule has 106 valence electrons. The van der Waals surface area contributed by atoms with Crippen molar-refractivity contribution in [2.75, 3.05) is 5.73 Å². The van der Waals surface area contributed by atoms with Crippen LogP contribution in [0.4, 0.5) is 5.69 Å². The Hall–Kier alpha value is -1.07. The minimum Gasteiger partial charge on any atom is -0.398 e. The van der Waals surface area contributed by atoms with Crippen LogP contribution in [0.2, 0.25) is 0 Å². The van der Waals surface area contributed by atoms with Crippen LogP contribution in [0.1, 0.15) is 50.6 Å². The van der Waals surface area contributed by atoms with Crippen molar-refractivity contribution in [3.8, 4) is 0 Å². The molecule has 19 heavy (non-hydrogen) atoms. The summed E-state index contributed by atoms with van der Waals surface area (Å²) in [4.78, 5) is 0. The molecule has 1 fully saturated rings. The smallest absolute Gasteiger partial charge is 0.215 e. The summed E-state index contributed by atoms with van der Waals surface area (Å²) in [7, 11) is -3.25. The molecule has 0 heterocycles. The fourth-order valence-electron chi connectivity index (χ4n) is 2.69. The first-order valence-corrected chi connectivity index (χ1v) is 8.41. The van der Waals surface area contributed by atoms with Crippen LogP contribution >= 0.6 is 0 Å². The standard InChI is InChI=1S/C14H22N2O2S/c1-11(13-9-5-6-10-14(13)15)16-19(17,18)12-7-3-2-4-8-12/h5-6,9-12,16H,2-4,7-8,15H2,1H3. The lowest BCUT2D eigenvalue weighted by Crippen LogP contribution is -2.37. The number of nitrogens with two attached hydrogens (primary N) is 1. The molecule has 1 aromatic carbocycles. The van der Waals surface area contributed by atoms with Gasteiger partial charge in [0.1, 0.15) is 0 Å². The van der Waals surface area contributed by atoms with Crippen molar-refractivity contribution in [3.63, 3.8) is 0 Å². The van der Waals surface area contributed by atoms with E-state index in [0.29, 0.717) is 5.69 Å². The molecule has 1 aliphatic rings. The van der Waals surface area contributed by atoms with Crippen LogP contribution in [0.5, 0.6) is 0 Å². The highest BCUT2D eigenvalue weighted by atomic mass is 32.2. The van der Waals surface area contributed by atoms with Gasteiger partial charge in [0.15, 0.2) is 0 Å². The third-order valence-electron chi connectivity index (χ3n) is 3.79. The molecule has 0 saturated heterocycles. The highest BCUT2D eigenvalue weighted by Crippen LogP contribution is 2.26. The Bertz CT molecular complexity index is 522. The molecule has 2 rings (SSSR count). The molecular weight excluding hydrogens is 260 g/mol. The van der Waals surface area contributed by atoms with Crippen molar-refractivity contribution < 1.29 is 8.42 Å². The Kier molecular flexibility index (Phi) is 4.47. The Labute approximate surface area is 115 Å². The summed E-state index contributed by atoms with van der Waals surface area (Å²) in [5.41, 5.74) is 7.35. The van der Waals surface area contributed by atoms with E-state index in [2.05, 4.69) is 4.72 Å². The molecule has 1 aromatic rings. The van der Waals surface area contributed by atoms with Gasteiger partial charge >= 0.3 is 0 Å². The molecule has 0 amide bonds. The van der Waals surface area contributed by atoms with Crippen molar-refractivity contribution in [1.82, 2.24) is 4.72 Å². The number of para-hydroxylation sites is 1. The summed E-state index contributed by atoms with van der Waals surface area (Å²) < 4.78 is 27.4. The SMILES string of the molecule is CC(NS(=O)(=O)C1CCCCC1)c1ccccc1N. The lowest BCUT2D eigenvalue weighted by Gasteiger charge is -2.24. The second-order valence-electron chi connectivity index (χ2n) is 5.27. The summed E-state index contributed by atoms with van der Waals surface area (Å²) in [6.45, 7) is 1.84. The van der Waals surface area contributed by atoms with E-state index in [0.717, 1.165) is 37.7 Å². The fourth-order valence-corrected chi connectivity index (χ4v) is 4.45. The van der Waals surface area contributed by atoms with Crippen molar-refractivity contribution >= 4 is 15.7 Å². The lowest BCUT2D eigenvalue weighted by atomic mass is 10.0. The van der Waals surface area contributed by atoms with Crippen LogP contribution in [0, 0.1) is 0 Å². The third kappa shape index (κ3) is 3.48. The minimum atomic E-state index is -3.25. The van der Waals surface area contributed by atoms with E-state index in [1.165, 1.54) is 0 Å². The summed E-state index contributed by atoms with van der Waals surface area (Å²) in [6, 6.07) is 7.09. The van der Waals surface area contributed by atoms with Gasteiger partial charge in [0.05, 0.1) is 5.25 Å². The van der Waals surface area contributed by atoms with E-state index in [-0.39, 0.29) is 11.3 Å². The summed E-state index contributed by atoms with van der Waals surface area (Å²) in [5.74, 6) is 0. The highest BCUT2D eigenvalue weighted by molar-refractivity contribution is 7.90. The average Bonchev–Trinajstić information content (AvgIpc) is 2.39. The summed E-state index contributed by atoms with van der Waals surface area (Å²) in [6.07, 6.45) is 4.70. The molecule has 1 saturated carbocycles. The topological polar surface area (TPSA) is 72.2 Å². The Balaban J connectivity index is 2.09. The Morgan fingerprint density at radius 1 is 1.21 bits per heavy atom. The first kappa shape index (κ1) is 14.3. The number of anilines is 1. The molecule has 1 atom stereocenters. The zero-order chi connectivity index (χ0) is 13.9. The van der Waals surface area contributed by atoms with Gasteiger partial charge in [0, 0.05) is 11.7 Å². The zero-order valence-electron chi connectivity index (χ0n) is 11.3. The van der Waals surface area contributed by atoms with E-state index in [4.69, 9.17) is 5.73 Å². The molecule has 0 bridgehead atoms. The predicted molar refractivity (Wildman–Crippen MR) is 78.2 cm³/mol. The minimum absolute atomic E-state index is 0.242. The van der Waals surface area contributed by atoms with E-state index in [1.54, 1.807) is 6.07 Å². The third-order valence-corrected chi connectivity index (χ3v) is 5.83. The van der Waals surface area contributed by atoms with E-state index < -0.39 is 10.0 Å². The normalized spacial score (nSPS) is 19.2. The van der Waals surface area contributed by atoms with Crippen molar-refractivity contribution in [2.24, 2.45) is 0 Å². The van der Waals surface area contributed by atoms with Crippen LogP contribution in [0.15, 0.2) is 24.3 Å². The van der Waals surface area contributed by atoms with Crippen LogP contribution in [0.3, 0.4) is 0 Å². The molecule has 0 spiro atoms. The molecule has 5 heteroatoms. The number of nitrogen functional groups attached to an aromatic ring is 1. The molecule has 4 nitrogen and oxygen atoms in total. The molecule has 1 unspecified atom stereocenters. The van der Waals surface area contributed by atoms with Gasteiger partial charge in [-0.1, -0.05) is 37.5 Å². The molecule has 0 radical (unpaired) electrons. The monoisotopic (exact) mass is 282 g/mol. The van der Waals surface area contributed by atoms with Crippen molar-refractivity contribution in [2.45, 2.75) is 50.3 Å². The highest BCUT2D eigenvalue weighted by Gasteiger charge is 2.28. The molecule has 0 aliphatic heterocycles. The van der Waals surface area contributed by atoms with Gasteiger partial charge in [0.25, 0.3) is 0 Å². The van der Waals surface area contributed by atoms with E-state index in [9.17, 15) is 8.42 Å². The predicted octanol–water partition coefficient (Wildman–Crippen LogP) is 2.58. The van der Waals surface area contributed by atoms with E-state index >= 15 is 0 Å². The van der Waals surface area contributed by atoms with Gasteiger partial charge in [-0.15, -0.1) is 0 Å². The number of nitrogens with one attached hydrogen (secondary N) is 1. The number of sulfonamides is 1. The van der Waals surface area contributed by atoms with Crippen LogP contribution in [-0.2, 0) is 10.0 Å². The molecular formula is C14H22N2O2S. The number of hydrogen-bond acceptors (Lipinski definition) is 3. The summed E-state index contributed by atoms with van der Waals surface area (Å²) in [5, 5.41) is -0.242. The van der Waals surface area contributed by atoms with Gasteiger partial charge in [0.2, 0.25) is 10.0 Å². The van der Waals surface area contributed by atoms with Gasteiger partial charge in [-0.3, -0.25) is 0 Å². The first-order chi connectivity index (χ1) is 9.00. The molecule has 0 aromatic heterocycles. The van der Waals surface area contributed by atoms with Gasteiger partial charge in [-0.25, -0.2) is 13.1 Å².